The second-order valence-electron chi connectivity index (χ2n) is 4.70. The number of nitrogens with zero attached hydrogens (tertiary/aromatic N) is 1. The SMILES string of the molecule is CCNc1cc(C)c2oc(-c3cccc(Cl)c3)nc2c1. The van der Waals surface area contributed by atoms with Crippen molar-refractivity contribution in [2.45, 2.75) is 13.8 Å². The van der Waals surface area contributed by atoms with Crippen LogP contribution >= 0.6 is 11.6 Å². The summed E-state index contributed by atoms with van der Waals surface area (Å²) in [7, 11) is 0. The Morgan fingerprint density at radius 1 is 1.25 bits per heavy atom. The first-order valence-corrected chi connectivity index (χ1v) is 6.96. The molecule has 1 N–H and O–H groups in total. The number of benzene rings is 2. The van der Waals surface area contributed by atoms with Gasteiger partial charge in [0.15, 0.2) is 5.58 Å². The molecule has 1 aromatic heterocycles. The van der Waals surface area contributed by atoms with Crippen molar-refractivity contribution in [2.75, 3.05) is 11.9 Å². The third-order valence-electron chi connectivity index (χ3n) is 3.13. The number of fused-ring (bicyclic) bond motifs is 1. The molecule has 1 heterocycles. The lowest BCUT2D eigenvalue weighted by molar-refractivity contribution is 0.617. The van der Waals surface area contributed by atoms with Crippen molar-refractivity contribution in [1.82, 2.24) is 4.98 Å². The Hall–Kier alpha value is -2.00. The first kappa shape index (κ1) is 13.0. The van der Waals surface area contributed by atoms with Crippen LogP contribution in [0.25, 0.3) is 22.6 Å². The van der Waals surface area contributed by atoms with E-state index >= 15 is 0 Å². The fourth-order valence-corrected chi connectivity index (χ4v) is 2.44. The molecule has 0 saturated carbocycles. The molecule has 20 heavy (non-hydrogen) atoms. The molecule has 3 nitrogen and oxygen atoms in total. The van der Waals surface area contributed by atoms with Crippen molar-refractivity contribution < 1.29 is 4.42 Å². The van der Waals surface area contributed by atoms with Gasteiger partial charge in [-0.3, -0.25) is 0 Å². The summed E-state index contributed by atoms with van der Waals surface area (Å²) in [4.78, 5) is 4.56. The lowest BCUT2D eigenvalue weighted by Crippen LogP contribution is -1.96. The summed E-state index contributed by atoms with van der Waals surface area (Å²) in [5, 5.41) is 3.97. The van der Waals surface area contributed by atoms with Gasteiger partial charge in [0.05, 0.1) is 0 Å². The van der Waals surface area contributed by atoms with E-state index in [4.69, 9.17) is 16.0 Å². The standard InChI is InChI=1S/C16H15ClN2O/c1-3-18-13-7-10(2)15-14(9-13)19-16(20-15)11-5-4-6-12(17)8-11/h4-9,18H,3H2,1-2H3. The molecule has 0 radical (unpaired) electrons. The van der Waals surface area contributed by atoms with Crippen LogP contribution in [0.5, 0.6) is 0 Å². The van der Waals surface area contributed by atoms with Gasteiger partial charge in [0, 0.05) is 22.8 Å². The lowest BCUT2D eigenvalue weighted by Gasteiger charge is -2.03. The van der Waals surface area contributed by atoms with Crippen molar-refractivity contribution in [1.29, 1.82) is 0 Å². The third-order valence-corrected chi connectivity index (χ3v) is 3.36. The maximum absolute atomic E-state index is 6.01. The summed E-state index contributed by atoms with van der Waals surface area (Å²) in [6, 6.07) is 11.6. The average molecular weight is 287 g/mol. The minimum Gasteiger partial charge on any atom is -0.436 e. The Labute approximate surface area is 122 Å². The van der Waals surface area contributed by atoms with Gasteiger partial charge < -0.3 is 9.73 Å². The van der Waals surface area contributed by atoms with Crippen LogP contribution in [-0.4, -0.2) is 11.5 Å². The Balaban J connectivity index is 2.13. The van der Waals surface area contributed by atoms with Gasteiger partial charge in [-0.25, -0.2) is 4.98 Å². The molecule has 0 saturated heterocycles. The number of halogens is 1. The molecule has 0 fully saturated rings. The van der Waals surface area contributed by atoms with Gasteiger partial charge >= 0.3 is 0 Å². The lowest BCUT2D eigenvalue weighted by atomic mass is 10.2. The van der Waals surface area contributed by atoms with E-state index in [-0.39, 0.29) is 0 Å². The van der Waals surface area contributed by atoms with Gasteiger partial charge in [-0.2, -0.15) is 0 Å². The number of rotatable bonds is 3. The number of hydrogen-bond acceptors (Lipinski definition) is 3. The molecule has 0 aliphatic rings. The Bertz CT molecular complexity index is 764. The van der Waals surface area contributed by atoms with Gasteiger partial charge in [0.25, 0.3) is 0 Å². The maximum Gasteiger partial charge on any atom is 0.227 e. The first-order valence-electron chi connectivity index (χ1n) is 6.58. The number of oxazole rings is 1. The summed E-state index contributed by atoms with van der Waals surface area (Å²) in [5.41, 5.74) is 4.69. The van der Waals surface area contributed by atoms with Crippen LogP contribution in [0.2, 0.25) is 5.02 Å². The largest absolute Gasteiger partial charge is 0.436 e. The van der Waals surface area contributed by atoms with E-state index in [1.807, 2.05) is 37.3 Å². The molecule has 0 spiro atoms. The molecule has 3 aromatic rings. The fraction of sp³-hybridized carbons (Fsp3) is 0.188. The normalized spacial score (nSPS) is 10.9. The minimum atomic E-state index is 0.597. The molecule has 2 aromatic carbocycles. The second kappa shape index (κ2) is 5.17. The van der Waals surface area contributed by atoms with Gasteiger partial charge in [0.1, 0.15) is 5.52 Å². The van der Waals surface area contributed by atoms with Gasteiger partial charge in [-0.05, 0) is 49.7 Å². The molecule has 0 aliphatic carbocycles. The van der Waals surface area contributed by atoms with Gasteiger partial charge in [0.2, 0.25) is 5.89 Å². The zero-order valence-electron chi connectivity index (χ0n) is 11.4. The van der Waals surface area contributed by atoms with E-state index in [0.29, 0.717) is 10.9 Å². The molecule has 0 amide bonds. The highest BCUT2D eigenvalue weighted by Crippen LogP contribution is 2.29. The second-order valence-corrected chi connectivity index (χ2v) is 5.14. The summed E-state index contributed by atoms with van der Waals surface area (Å²) in [5.74, 6) is 0.597. The van der Waals surface area contributed by atoms with Gasteiger partial charge in [-0.15, -0.1) is 0 Å². The van der Waals surface area contributed by atoms with Gasteiger partial charge in [-0.1, -0.05) is 17.7 Å². The van der Waals surface area contributed by atoms with E-state index in [1.165, 1.54) is 0 Å². The van der Waals surface area contributed by atoms with Crippen LogP contribution in [0.15, 0.2) is 40.8 Å². The molecule has 3 rings (SSSR count). The van der Waals surface area contributed by atoms with E-state index in [1.54, 1.807) is 0 Å². The highest BCUT2D eigenvalue weighted by atomic mass is 35.5. The predicted octanol–water partition coefficient (Wildman–Crippen LogP) is 4.89. The Morgan fingerprint density at radius 2 is 2.10 bits per heavy atom. The Kier molecular flexibility index (Phi) is 3.36. The summed E-state index contributed by atoms with van der Waals surface area (Å²) in [6.45, 7) is 4.97. The maximum atomic E-state index is 6.01. The van der Waals surface area contributed by atoms with E-state index in [2.05, 4.69) is 23.3 Å². The van der Waals surface area contributed by atoms with Crippen molar-refractivity contribution in [2.24, 2.45) is 0 Å². The summed E-state index contributed by atoms with van der Waals surface area (Å²) >= 11 is 6.01. The Morgan fingerprint density at radius 3 is 2.85 bits per heavy atom. The van der Waals surface area contributed by atoms with Crippen LogP contribution in [-0.2, 0) is 0 Å². The molecular weight excluding hydrogens is 272 g/mol. The topological polar surface area (TPSA) is 38.1 Å². The van der Waals surface area contributed by atoms with Crippen LogP contribution < -0.4 is 5.32 Å². The molecule has 102 valence electrons. The zero-order chi connectivity index (χ0) is 14.1. The average Bonchev–Trinajstić information content (AvgIpc) is 2.84. The highest BCUT2D eigenvalue weighted by Gasteiger charge is 2.11. The smallest absolute Gasteiger partial charge is 0.227 e. The number of hydrogen-bond donors (Lipinski definition) is 1. The third kappa shape index (κ3) is 2.37. The first-order chi connectivity index (χ1) is 9.67. The van der Waals surface area contributed by atoms with Crippen LogP contribution in [0.3, 0.4) is 0 Å². The number of nitrogens with one attached hydrogen (secondary N) is 1. The minimum absolute atomic E-state index is 0.597. The number of aromatic nitrogens is 1. The summed E-state index contributed by atoms with van der Waals surface area (Å²) < 4.78 is 5.88. The van der Waals surface area contributed by atoms with Crippen molar-refractivity contribution >= 4 is 28.4 Å². The fourth-order valence-electron chi connectivity index (χ4n) is 2.25. The van der Waals surface area contributed by atoms with Crippen molar-refractivity contribution in [3.63, 3.8) is 0 Å². The molecule has 0 atom stereocenters. The summed E-state index contributed by atoms with van der Waals surface area (Å²) in [6.07, 6.45) is 0. The monoisotopic (exact) mass is 286 g/mol. The molecule has 0 unspecified atom stereocenters. The van der Waals surface area contributed by atoms with E-state index < -0.39 is 0 Å². The van der Waals surface area contributed by atoms with Crippen LogP contribution in [0.1, 0.15) is 12.5 Å². The predicted molar refractivity (Wildman–Crippen MR) is 83.4 cm³/mol. The van der Waals surface area contributed by atoms with E-state index in [0.717, 1.165) is 34.5 Å². The number of aryl methyl sites for hydroxylation is 1. The quantitative estimate of drug-likeness (QED) is 0.745. The van der Waals surface area contributed by atoms with Crippen LogP contribution in [0.4, 0.5) is 5.69 Å². The molecule has 0 bridgehead atoms. The van der Waals surface area contributed by atoms with E-state index in [9.17, 15) is 0 Å². The zero-order valence-corrected chi connectivity index (χ0v) is 12.2. The highest BCUT2D eigenvalue weighted by molar-refractivity contribution is 6.30. The molecule has 4 heteroatoms. The van der Waals surface area contributed by atoms with Crippen LogP contribution in [0, 0.1) is 6.92 Å². The van der Waals surface area contributed by atoms with Crippen molar-refractivity contribution in [3.05, 3.63) is 47.0 Å². The molecular formula is C16H15ClN2O. The number of anilines is 1. The molecule has 0 aliphatic heterocycles. The van der Waals surface area contributed by atoms with Crippen molar-refractivity contribution in [3.8, 4) is 11.5 Å².